The minimum atomic E-state index is -0.354. The SMILES string of the molecule is Cc1ccc(N2CC(C(=O)NCC#CCOc3cccnc3)CC2=O)cc1. The number of amides is 2. The van der Waals surface area contributed by atoms with Crippen LogP contribution in [0.4, 0.5) is 5.69 Å². The van der Waals surface area contributed by atoms with Gasteiger partial charge in [-0.3, -0.25) is 14.6 Å². The fraction of sp³-hybridized carbons (Fsp3) is 0.286. The highest BCUT2D eigenvalue weighted by Crippen LogP contribution is 2.25. The van der Waals surface area contributed by atoms with Gasteiger partial charge in [0.1, 0.15) is 12.4 Å². The molecule has 0 saturated carbocycles. The molecule has 2 heterocycles. The van der Waals surface area contributed by atoms with Gasteiger partial charge in [-0.1, -0.05) is 29.5 Å². The minimum absolute atomic E-state index is 0.0324. The van der Waals surface area contributed by atoms with Crippen LogP contribution in [0.25, 0.3) is 0 Å². The van der Waals surface area contributed by atoms with Crippen molar-refractivity contribution >= 4 is 17.5 Å². The quantitative estimate of drug-likeness (QED) is 0.824. The molecule has 1 aliphatic rings. The number of aromatic nitrogens is 1. The van der Waals surface area contributed by atoms with Crippen molar-refractivity contribution in [1.82, 2.24) is 10.3 Å². The van der Waals surface area contributed by atoms with E-state index in [2.05, 4.69) is 22.1 Å². The van der Waals surface area contributed by atoms with Crippen LogP contribution in [0, 0.1) is 24.7 Å². The van der Waals surface area contributed by atoms with Crippen LogP contribution in [-0.2, 0) is 9.59 Å². The van der Waals surface area contributed by atoms with Crippen molar-refractivity contribution in [3.63, 3.8) is 0 Å². The van der Waals surface area contributed by atoms with Crippen molar-refractivity contribution in [2.75, 3.05) is 24.6 Å². The van der Waals surface area contributed by atoms with Gasteiger partial charge in [-0.25, -0.2) is 0 Å². The molecular formula is C21H21N3O3. The van der Waals surface area contributed by atoms with Gasteiger partial charge in [-0.05, 0) is 31.2 Å². The smallest absolute Gasteiger partial charge is 0.227 e. The lowest BCUT2D eigenvalue weighted by Gasteiger charge is -2.16. The lowest BCUT2D eigenvalue weighted by atomic mass is 10.1. The first-order chi connectivity index (χ1) is 13.1. The molecule has 2 amide bonds. The summed E-state index contributed by atoms with van der Waals surface area (Å²) >= 11 is 0. The summed E-state index contributed by atoms with van der Waals surface area (Å²) in [7, 11) is 0. The highest BCUT2D eigenvalue weighted by molar-refractivity contribution is 6.00. The first-order valence-corrected chi connectivity index (χ1v) is 8.77. The predicted octanol–water partition coefficient (Wildman–Crippen LogP) is 1.94. The van der Waals surface area contributed by atoms with E-state index in [0.717, 1.165) is 11.3 Å². The van der Waals surface area contributed by atoms with Crippen molar-refractivity contribution in [3.05, 3.63) is 54.4 Å². The van der Waals surface area contributed by atoms with E-state index < -0.39 is 0 Å². The Morgan fingerprint density at radius 1 is 1.30 bits per heavy atom. The molecule has 2 aromatic rings. The van der Waals surface area contributed by atoms with Gasteiger partial charge in [-0.15, -0.1) is 0 Å². The maximum atomic E-state index is 12.3. The normalized spacial score (nSPS) is 15.8. The van der Waals surface area contributed by atoms with E-state index in [1.54, 1.807) is 29.4 Å². The average molecular weight is 363 g/mol. The molecule has 1 aromatic carbocycles. The number of benzene rings is 1. The number of pyridine rings is 1. The van der Waals surface area contributed by atoms with Crippen molar-refractivity contribution < 1.29 is 14.3 Å². The summed E-state index contributed by atoms with van der Waals surface area (Å²) in [4.78, 5) is 30.1. The summed E-state index contributed by atoms with van der Waals surface area (Å²) in [6.07, 6.45) is 3.50. The lowest BCUT2D eigenvalue weighted by molar-refractivity contribution is -0.126. The highest BCUT2D eigenvalue weighted by atomic mass is 16.5. The van der Waals surface area contributed by atoms with Crippen LogP contribution in [0.15, 0.2) is 48.8 Å². The molecule has 138 valence electrons. The zero-order valence-corrected chi connectivity index (χ0v) is 15.1. The summed E-state index contributed by atoms with van der Waals surface area (Å²) in [5.74, 6) is 5.79. The first-order valence-electron chi connectivity index (χ1n) is 8.77. The van der Waals surface area contributed by atoms with Crippen molar-refractivity contribution in [2.45, 2.75) is 13.3 Å². The monoisotopic (exact) mass is 363 g/mol. The van der Waals surface area contributed by atoms with Gasteiger partial charge in [0.15, 0.2) is 0 Å². The summed E-state index contributed by atoms with van der Waals surface area (Å²) in [5.41, 5.74) is 1.96. The molecule has 1 aromatic heterocycles. The molecule has 27 heavy (non-hydrogen) atoms. The van der Waals surface area contributed by atoms with Crippen molar-refractivity contribution in [3.8, 4) is 17.6 Å². The minimum Gasteiger partial charge on any atom is -0.479 e. The van der Waals surface area contributed by atoms with Gasteiger partial charge in [0.2, 0.25) is 11.8 Å². The number of aryl methyl sites for hydroxylation is 1. The maximum Gasteiger partial charge on any atom is 0.227 e. The molecule has 3 rings (SSSR count). The summed E-state index contributed by atoms with van der Waals surface area (Å²) in [5, 5.41) is 2.77. The van der Waals surface area contributed by atoms with Crippen LogP contribution < -0.4 is 15.0 Å². The van der Waals surface area contributed by atoms with Gasteiger partial charge >= 0.3 is 0 Å². The number of nitrogens with one attached hydrogen (secondary N) is 1. The van der Waals surface area contributed by atoms with E-state index >= 15 is 0 Å². The summed E-state index contributed by atoms with van der Waals surface area (Å²) < 4.78 is 5.40. The number of hydrogen-bond acceptors (Lipinski definition) is 4. The molecule has 6 heteroatoms. The van der Waals surface area contributed by atoms with Crippen LogP contribution in [0.3, 0.4) is 0 Å². The second-order valence-corrected chi connectivity index (χ2v) is 6.29. The van der Waals surface area contributed by atoms with E-state index in [-0.39, 0.29) is 37.3 Å². The second-order valence-electron chi connectivity index (χ2n) is 6.29. The lowest BCUT2D eigenvalue weighted by Crippen LogP contribution is -2.33. The third kappa shape index (κ3) is 5.08. The van der Waals surface area contributed by atoms with E-state index in [0.29, 0.717) is 12.3 Å². The Balaban J connectivity index is 1.43. The van der Waals surface area contributed by atoms with Crippen LogP contribution in [0.5, 0.6) is 5.75 Å². The van der Waals surface area contributed by atoms with Gasteiger partial charge < -0.3 is 15.0 Å². The molecule has 1 unspecified atom stereocenters. The Labute approximate surface area is 158 Å². The predicted molar refractivity (Wildman–Crippen MR) is 102 cm³/mol. The number of nitrogens with zero attached hydrogens (tertiary/aromatic N) is 2. The van der Waals surface area contributed by atoms with Crippen LogP contribution in [-0.4, -0.2) is 36.5 Å². The van der Waals surface area contributed by atoms with Crippen LogP contribution in [0.2, 0.25) is 0 Å². The largest absolute Gasteiger partial charge is 0.479 e. The van der Waals surface area contributed by atoms with Gasteiger partial charge in [-0.2, -0.15) is 0 Å². The Morgan fingerprint density at radius 3 is 2.85 bits per heavy atom. The van der Waals surface area contributed by atoms with E-state index in [1.165, 1.54) is 0 Å². The van der Waals surface area contributed by atoms with E-state index in [1.807, 2.05) is 31.2 Å². The van der Waals surface area contributed by atoms with Gasteiger partial charge in [0.25, 0.3) is 0 Å². The second kappa shape index (κ2) is 8.86. The highest BCUT2D eigenvalue weighted by Gasteiger charge is 2.34. The number of rotatable bonds is 5. The Morgan fingerprint density at radius 2 is 2.11 bits per heavy atom. The Bertz CT molecular complexity index is 854. The van der Waals surface area contributed by atoms with Gasteiger partial charge in [0, 0.05) is 24.8 Å². The number of carbonyl (C=O) groups excluding carboxylic acids is 2. The molecule has 0 spiro atoms. The maximum absolute atomic E-state index is 12.3. The number of ether oxygens (including phenoxy) is 1. The molecule has 0 radical (unpaired) electrons. The summed E-state index contributed by atoms with van der Waals surface area (Å²) in [6, 6.07) is 11.3. The molecule has 6 nitrogen and oxygen atoms in total. The fourth-order valence-corrected chi connectivity index (χ4v) is 2.80. The third-order valence-corrected chi connectivity index (χ3v) is 4.26. The number of anilines is 1. The summed E-state index contributed by atoms with van der Waals surface area (Å²) in [6.45, 7) is 2.84. The molecule has 0 bridgehead atoms. The van der Waals surface area contributed by atoms with Crippen molar-refractivity contribution in [2.24, 2.45) is 5.92 Å². The molecular weight excluding hydrogens is 342 g/mol. The number of hydrogen-bond donors (Lipinski definition) is 1. The zero-order chi connectivity index (χ0) is 19.1. The molecule has 1 N–H and O–H groups in total. The molecule has 1 aliphatic heterocycles. The standard InChI is InChI=1S/C21H21N3O3/c1-16-6-8-18(9-7-16)24-15-17(13-20(24)25)21(26)23-11-2-3-12-27-19-5-4-10-22-14-19/h4-10,14,17H,11-13,15H2,1H3,(H,23,26). The van der Waals surface area contributed by atoms with Gasteiger partial charge in [0.05, 0.1) is 18.7 Å². The average Bonchev–Trinajstić information content (AvgIpc) is 3.07. The van der Waals surface area contributed by atoms with E-state index in [4.69, 9.17) is 4.74 Å². The molecule has 1 saturated heterocycles. The Kier molecular flexibility index (Phi) is 6.06. The topological polar surface area (TPSA) is 71.5 Å². The fourth-order valence-electron chi connectivity index (χ4n) is 2.80. The molecule has 0 aliphatic carbocycles. The molecule has 1 fully saturated rings. The number of carbonyl (C=O) groups is 2. The first kappa shape index (κ1) is 18.5. The van der Waals surface area contributed by atoms with Crippen LogP contribution in [0.1, 0.15) is 12.0 Å². The zero-order valence-electron chi connectivity index (χ0n) is 15.1. The third-order valence-electron chi connectivity index (χ3n) is 4.26. The van der Waals surface area contributed by atoms with E-state index in [9.17, 15) is 9.59 Å². The Hall–Kier alpha value is -3.33. The molecule has 1 atom stereocenters. The van der Waals surface area contributed by atoms with Crippen molar-refractivity contribution in [1.29, 1.82) is 0 Å². The van der Waals surface area contributed by atoms with Crippen LogP contribution >= 0.6 is 0 Å².